The van der Waals surface area contributed by atoms with Gasteiger partial charge in [-0.2, -0.15) is 0 Å². The molecule has 0 atom stereocenters. The Kier molecular flexibility index (Phi) is 5.12. The van der Waals surface area contributed by atoms with E-state index in [2.05, 4.69) is 28.2 Å². The fourth-order valence-electron chi connectivity index (χ4n) is 2.09. The van der Waals surface area contributed by atoms with Crippen molar-refractivity contribution in [2.75, 3.05) is 5.32 Å². The third kappa shape index (κ3) is 3.37. The number of halogens is 3. The highest BCUT2D eigenvalue weighted by molar-refractivity contribution is 9.10. The van der Waals surface area contributed by atoms with Crippen LogP contribution in [-0.4, -0.2) is 0 Å². The largest absolute Gasteiger partial charge is 0.381 e. The fraction of sp³-hybridized carbons (Fsp3) is 0.250. The van der Waals surface area contributed by atoms with Crippen molar-refractivity contribution in [2.45, 2.75) is 26.3 Å². The van der Waals surface area contributed by atoms with Crippen molar-refractivity contribution in [2.24, 2.45) is 0 Å². The van der Waals surface area contributed by atoms with Crippen molar-refractivity contribution in [3.05, 3.63) is 63.6 Å². The van der Waals surface area contributed by atoms with Crippen LogP contribution in [0.1, 0.15) is 24.5 Å². The van der Waals surface area contributed by atoms with Gasteiger partial charge in [-0.3, -0.25) is 0 Å². The molecule has 0 fully saturated rings. The molecule has 4 heteroatoms. The molecule has 0 saturated carbocycles. The van der Waals surface area contributed by atoms with E-state index in [-0.39, 0.29) is 16.6 Å². The third-order valence-electron chi connectivity index (χ3n) is 3.13. The Morgan fingerprint density at radius 3 is 2.60 bits per heavy atom. The number of anilines is 1. The molecule has 0 unspecified atom stereocenters. The molecule has 0 aliphatic heterocycles. The molecule has 0 aliphatic carbocycles. The van der Waals surface area contributed by atoms with Crippen molar-refractivity contribution in [1.29, 1.82) is 0 Å². The van der Waals surface area contributed by atoms with Crippen molar-refractivity contribution in [1.82, 2.24) is 0 Å². The van der Waals surface area contributed by atoms with Crippen molar-refractivity contribution in [3.63, 3.8) is 0 Å². The zero-order valence-electron chi connectivity index (χ0n) is 11.2. The second-order valence-corrected chi connectivity index (χ2v) is 5.44. The van der Waals surface area contributed by atoms with Crippen LogP contribution in [-0.2, 0) is 13.0 Å². The summed E-state index contributed by atoms with van der Waals surface area (Å²) in [7, 11) is 0. The Balaban J connectivity index is 2.19. The lowest BCUT2D eigenvalue weighted by molar-refractivity contribution is 0.555. The topological polar surface area (TPSA) is 12.0 Å². The maximum absolute atomic E-state index is 13.9. The van der Waals surface area contributed by atoms with Gasteiger partial charge in [0.05, 0.1) is 4.47 Å². The summed E-state index contributed by atoms with van der Waals surface area (Å²) < 4.78 is 27.8. The lowest BCUT2D eigenvalue weighted by Crippen LogP contribution is -2.07. The molecule has 0 aliphatic rings. The molecule has 2 aromatic carbocycles. The summed E-state index contributed by atoms with van der Waals surface area (Å²) in [6, 6.07) is 10.5. The minimum absolute atomic E-state index is 0.0469. The van der Waals surface area contributed by atoms with Crippen LogP contribution in [0.3, 0.4) is 0 Å². The second-order valence-electron chi connectivity index (χ2n) is 4.58. The maximum atomic E-state index is 13.9. The van der Waals surface area contributed by atoms with Gasteiger partial charge < -0.3 is 5.32 Å². The number of rotatable bonds is 5. The number of aryl methyl sites for hydroxylation is 1. The van der Waals surface area contributed by atoms with Gasteiger partial charge in [-0.1, -0.05) is 31.5 Å². The van der Waals surface area contributed by atoms with Crippen LogP contribution in [0.5, 0.6) is 0 Å². The Hall–Kier alpha value is -1.42. The van der Waals surface area contributed by atoms with E-state index < -0.39 is 11.6 Å². The van der Waals surface area contributed by atoms with Crippen LogP contribution in [0, 0.1) is 11.6 Å². The predicted molar refractivity (Wildman–Crippen MR) is 81.8 cm³/mol. The number of para-hydroxylation sites is 1. The molecule has 0 spiro atoms. The summed E-state index contributed by atoms with van der Waals surface area (Å²) in [5.74, 6) is -1.09. The zero-order chi connectivity index (χ0) is 14.5. The summed E-state index contributed by atoms with van der Waals surface area (Å²) in [6.45, 7) is 2.22. The van der Waals surface area contributed by atoms with Gasteiger partial charge in [-0.05, 0) is 46.1 Å². The van der Waals surface area contributed by atoms with E-state index >= 15 is 0 Å². The summed E-state index contributed by atoms with van der Waals surface area (Å²) in [5, 5.41) is 3.12. The molecule has 0 saturated heterocycles. The Morgan fingerprint density at radius 1 is 1.10 bits per heavy atom. The van der Waals surface area contributed by atoms with E-state index in [9.17, 15) is 8.78 Å². The second kappa shape index (κ2) is 6.84. The Bertz CT molecular complexity index is 599. The monoisotopic (exact) mass is 339 g/mol. The van der Waals surface area contributed by atoms with E-state index in [1.54, 1.807) is 0 Å². The smallest absolute Gasteiger partial charge is 0.145 e. The fourth-order valence-corrected chi connectivity index (χ4v) is 2.47. The minimum Gasteiger partial charge on any atom is -0.381 e. The molecule has 0 amide bonds. The quantitative estimate of drug-likeness (QED) is 0.729. The SMILES string of the molecule is CCCc1ccccc1NCc1c(F)ccc(Br)c1F. The van der Waals surface area contributed by atoms with Crippen LogP contribution in [0.4, 0.5) is 14.5 Å². The zero-order valence-corrected chi connectivity index (χ0v) is 12.8. The van der Waals surface area contributed by atoms with E-state index in [0.29, 0.717) is 0 Å². The normalized spacial score (nSPS) is 10.6. The van der Waals surface area contributed by atoms with Crippen molar-refractivity contribution < 1.29 is 8.78 Å². The maximum Gasteiger partial charge on any atom is 0.145 e. The molecule has 2 aromatic rings. The van der Waals surface area contributed by atoms with Crippen molar-refractivity contribution in [3.8, 4) is 0 Å². The molecule has 2 rings (SSSR count). The number of nitrogens with one attached hydrogen (secondary N) is 1. The number of hydrogen-bond acceptors (Lipinski definition) is 1. The van der Waals surface area contributed by atoms with Crippen LogP contribution in [0.15, 0.2) is 40.9 Å². The highest BCUT2D eigenvalue weighted by Crippen LogP contribution is 2.23. The first-order valence-corrected chi connectivity index (χ1v) is 7.37. The van der Waals surface area contributed by atoms with Gasteiger partial charge in [0.1, 0.15) is 11.6 Å². The summed E-state index contributed by atoms with van der Waals surface area (Å²) in [6.07, 6.45) is 1.96. The molecule has 1 nitrogen and oxygen atoms in total. The van der Waals surface area contributed by atoms with Gasteiger partial charge in [0.2, 0.25) is 0 Å². The van der Waals surface area contributed by atoms with Gasteiger partial charge in [0.25, 0.3) is 0 Å². The Morgan fingerprint density at radius 2 is 1.85 bits per heavy atom. The Labute approximate surface area is 126 Å². The molecule has 106 valence electrons. The molecule has 20 heavy (non-hydrogen) atoms. The first kappa shape index (κ1) is 15.0. The van der Waals surface area contributed by atoms with Gasteiger partial charge in [-0.25, -0.2) is 8.78 Å². The molecule has 0 heterocycles. The first-order chi connectivity index (χ1) is 9.63. The predicted octanol–water partition coefficient (Wildman–Crippen LogP) is 5.29. The minimum atomic E-state index is -0.550. The summed E-state index contributed by atoms with van der Waals surface area (Å²) in [4.78, 5) is 0. The summed E-state index contributed by atoms with van der Waals surface area (Å²) in [5.41, 5.74) is 2.13. The van der Waals surface area contributed by atoms with Crippen LogP contribution >= 0.6 is 15.9 Å². The van der Waals surface area contributed by atoms with Crippen LogP contribution < -0.4 is 5.32 Å². The molecule has 0 bridgehead atoms. The number of benzene rings is 2. The molecule has 0 radical (unpaired) electrons. The van der Waals surface area contributed by atoms with E-state index in [4.69, 9.17) is 0 Å². The lowest BCUT2D eigenvalue weighted by Gasteiger charge is -2.13. The third-order valence-corrected chi connectivity index (χ3v) is 3.74. The molecular formula is C16H16BrF2N. The average molecular weight is 340 g/mol. The van der Waals surface area contributed by atoms with Gasteiger partial charge >= 0.3 is 0 Å². The highest BCUT2D eigenvalue weighted by Gasteiger charge is 2.12. The van der Waals surface area contributed by atoms with Crippen LogP contribution in [0.2, 0.25) is 0 Å². The van der Waals surface area contributed by atoms with E-state index in [1.165, 1.54) is 12.1 Å². The first-order valence-electron chi connectivity index (χ1n) is 6.57. The van der Waals surface area contributed by atoms with Gasteiger partial charge in [0, 0.05) is 17.8 Å². The molecular weight excluding hydrogens is 324 g/mol. The molecule has 0 aromatic heterocycles. The van der Waals surface area contributed by atoms with Gasteiger partial charge in [0.15, 0.2) is 0 Å². The van der Waals surface area contributed by atoms with Crippen molar-refractivity contribution >= 4 is 21.6 Å². The highest BCUT2D eigenvalue weighted by atomic mass is 79.9. The van der Waals surface area contributed by atoms with E-state index in [1.807, 2.05) is 24.3 Å². The molecule has 1 N–H and O–H groups in total. The average Bonchev–Trinajstić information content (AvgIpc) is 2.45. The number of hydrogen-bond donors (Lipinski definition) is 1. The van der Waals surface area contributed by atoms with Crippen LogP contribution in [0.25, 0.3) is 0 Å². The lowest BCUT2D eigenvalue weighted by atomic mass is 10.1. The standard InChI is InChI=1S/C16H16BrF2N/c1-2-5-11-6-3-4-7-15(11)20-10-12-14(18)9-8-13(17)16(12)19/h3-4,6-9,20H,2,5,10H2,1H3. The summed E-state index contributed by atoms with van der Waals surface area (Å²) >= 11 is 3.08. The van der Waals surface area contributed by atoms with Gasteiger partial charge in [-0.15, -0.1) is 0 Å². The van der Waals surface area contributed by atoms with E-state index in [0.717, 1.165) is 24.1 Å².